The fraction of sp³-hybridized carbons (Fsp3) is 0.182. The van der Waals surface area contributed by atoms with Gasteiger partial charge in [0.15, 0.2) is 6.29 Å². The number of carbonyl (C=O) groups excluding carboxylic acids is 1. The minimum Gasteiger partial charge on any atom is -0.352 e. The normalized spacial score (nSPS) is 13.0. The maximum absolute atomic E-state index is 10.5. The first kappa shape index (κ1) is 8.97. The van der Waals surface area contributed by atoms with Crippen molar-refractivity contribution < 1.29 is 4.79 Å². The van der Waals surface area contributed by atoms with Gasteiger partial charge in [-0.25, -0.2) is 0 Å². The molecule has 0 spiro atoms. The number of H-pyrrole nitrogens is 1. The van der Waals surface area contributed by atoms with Crippen molar-refractivity contribution in [1.29, 1.82) is 0 Å². The highest BCUT2D eigenvalue weighted by Crippen LogP contribution is 2.19. The molecule has 14 heavy (non-hydrogen) atoms. The molecule has 0 aliphatic heterocycles. The van der Waals surface area contributed by atoms with Crippen molar-refractivity contribution in [1.82, 2.24) is 4.98 Å². The summed E-state index contributed by atoms with van der Waals surface area (Å²) in [5.41, 5.74) is 8.39. The Balaban J connectivity index is 2.59. The lowest BCUT2D eigenvalue weighted by atomic mass is 10.1. The number of nitrogens with two attached hydrogens (primary N) is 1. The predicted octanol–water partition coefficient (Wildman–Crippen LogP) is 2.00. The highest BCUT2D eigenvalue weighted by molar-refractivity contribution is 5.88. The van der Waals surface area contributed by atoms with E-state index in [1.807, 2.05) is 31.2 Å². The van der Waals surface area contributed by atoms with Crippen LogP contribution in [0.4, 0.5) is 0 Å². The van der Waals surface area contributed by atoms with E-state index >= 15 is 0 Å². The number of hydrogen-bond donors (Lipinski definition) is 2. The van der Waals surface area contributed by atoms with E-state index in [0.717, 1.165) is 22.8 Å². The summed E-state index contributed by atoms with van der Waals surface area (Å²) in [5.74, 6) is 0. The highest BCUT2D eigenvalue weighted by atomic mass is 16.1. The summed E-state index contributed by atoms with van der Waals surface area (Å²) in [6.45, 7) is 1.94. The number of nitrogens with one attached hydrogen (secondary N) is 1. The molecule has 1 aromatic heterocycles. The van der Waals surface area contributed by atoms with E-state index in [4.69, 9.17) is 5.73 Å². The van der Waals surface area contributed by atoms with Crippen LogP contribution in [0.2, 0.25) is 0 Å². The highest BCUT2D eigenvalue weighted by Gasteiger charge is 2.03. The summed E-state index contributed by atoms with van der Waals surface area (Å²) >= 11 is 0. The summed E-state index contributed by atoms with van der Waals surface area (Å²) in [4.78, 5) is 13.6. The van der Waals surface area contributed by atoms with Crippen LogP contribution in [0, 0.1) is 0 Å². The average Bonchev–Trinajstić information content (AvgIpc) is 2.58. The van der Waals surface area contributed by atoms with Gasteiger partial charge in [-0.2, -0.15) is 0 Å². The van der Waals surface area contributed by atoms with Gasteiger partial charge in [-0.3, -0.25) is 4.79 Å². The molecule has 0 bridgehead atoms. The van der Waals surface area contributed by atoms with Crippen molar-refractivity contribution in [3.8, 4) is 0 Å². The first-order valence-corrected chi connectivity index (χ1v) is 4.54. The van der Waals surface area contributed by atoms with Crippen molar-refractivity contribution in [2.45, 2.75) is 13.0 Å². The number of aldehydes is 1. The molecule has 0 aliphatic carbocycles. The number of carbonyl (C=O) groups is 1. The molecule has 0 unspecified atom stereocenters. The lowest BCUT2D eigenvalue weighted by molar-refractivity contribution is 0.112. The van der Waals surface area contributed by atoms with Crippen molar-refractivity contribution >= 4 is 17.2 Å². The maximum atomic E-state index is 10.5. The first-order chi connectivity index (χ1) is 6.70. The molecule has 0 aliphatic rings. The van der Waals surface area contributed by atoms with Crippen LogP contribution in [0.3, 0.4) is 0 Å². The van der Waals surface area contributed by atoms with Crippen molar-refractivity contribution in [3.05, 3.63) is 35.5 Å². The van der Waals surface area contributed by atoms with E-state index < -0.39 is 0 Å². The Labute approximate surface area is 81.9 Å². The Morgan fingerprint density at radius 1 is 1.43 bits per heavy atom. The summed E-state index contributed by atoms with van der Waals surface area (Å²) in [7, 11) is 0. The van der Waals surface area contributed by atoms with Crippen LogP contribution in [0.25, 0.3) is 10.9 Å². The fourth-order valence-corrected chi connectivity index (χ4v) is 1.51. The Bertz CT molecular complexity index is 471. The topological polar surface area (TPSA) is 58.9 Å². The molecule has 0 amide bonds. The van der Waals surface area contributed by atoms with E-state index in [2.05, 4.69) is 4.98 Å². The van der Waals surface area contributed by atoms with Gasteiger partial charge in [-0.15, -0.1) is 0 Å². The Hall–Kier alpha value is -1.61. The quantitative estimate of drug-likeness (QED) is 0.708. The number of hydrogen-bond acceptors (Lipinski definition) is 2. The Kier molecular flexibility index (Phi) is 2.09. The lowest BCUT2D eigenvalue weighted by Crippen LogP contribution is -2.04. The monoisotopic (exact) mass is 188 g/mol. The van der Waals surface area contributed by atoms with Gasteiger partial charge < -0.3 is 10.7 Å². The predicted molar refractivity (Wildman–Crippen MR) is 56.3 cm³/mol. The molecule has 0 saturated heterocycles. The SMILES string of the molecule is C[C@@H](N)c1ccc2cc(C=O)[nH]c2c1. The van der Waals surface area contributed by atoms with E-state index in [9.17, 15) is 4.79 Å². The maximum Gasteiger partial charge on any atom is 0.166 e. The summed E-state index contributed by atoms with van der Waals surface area (Å²) < 4.78 is 0. The molecular formula is C11H12N2O. The number of aromatic amines is 1. The lowest BCUT2D eigenvalue weighted by Gasteiger charge is -2.04. The van der Waals surface area contributed by atoms with Crippen LogP contribution in [0.15, 0.2) is 24.3 Å². The third kappa shape index (κ3) is 1.42. The van der Waals surface area contributed by atoms with Crippen molar-refractivity contribution in [3.63, 3.8) is 0 Å². The van der Waals surface area contributed by atoms with Crippen molar-refractivity contribution in [2.75, 3.05) is 0 Å². The zero-order chi connectivity index (χ0) is 10.1. The largest absolute Gasteiger partial charge is 0.352 e. The van der Waals surface area contributed by atoms with Gasteiger partial charge in [-0.05, 0) is 24.6 Å². The number of fused-ring (bicyclic) bond motifs is 1. The number of rotatable bonds is 2. The number of benzene rings is 1. The Morgan fingerprint density at radius 2 is 2.21 bits per heavy atom. The molecule has 3 N–H and O–H groups in total. The van der Waals surface area contributed by atoms with E-state index in [0.29, 0.717) is 5.69 Å². The fourth-order valence-electron chi connectivity index (χ4n) is 1.51. The van der Waals surface area contributed by atoms with Gasteiger partial charge in [0.1, 0.15) is 0 Å². The van der Waals surface area contributed by atoms with E-state index in [1.54, 1.807) is 0 Å². The second kappa shape index (κ2) is 3.27. The molecule has 0 saturated carbocycles. The van der Waals surface area contributed by atoms with Gasteiger partial charge in [-0.1, -0.05) is 12.1 Å². The second-order valence-corrected chi connectivity index (χ2v) is 3.48. The van der Waals surface area contributed by atoms with Crippen LogP contribution in [-0.4, -0.2) is 11.3 Å². The van der Waals surface area contributed by atoms with Gasteiger partial charge in [0.05, 0.1) is 5.69 Å². The van der Waals surface area contributed by atoms with Crippen molar-refractivity contribution in [2.24, 2.45) is 5.73 Å². The smallest absolute Gasteiger partial charge is 0.166 e. The van der Waals surface area contributed by atoms with Gasteiger partial charge in [0.2, 0.25) is 0 Å². The average molecular weight is 188 g/mol. The molecule has 72 valence electrons. The van der Waals surface area contributed by atoms with Crippen LogP contribution >= 0.6 is 0 Å². The summed E-state index contributed by atoms with van der Waals surface area (Å²) in [6, 6.07) is 7.77. The molecule has 2 aromatic rings. The van der Waals surface area contributed by atoms with E-state index in [1.165, 1.54) is 0 Å². The molecule has 3 nitrogen and oxygen atoms in total. The molecule has 0 radical (unpaired) electrons. The van der Waals surface area contributed by atoms with Crippen LogP contribution in [-0.2, 0) is 0 Å². The molecule has 1 atom stereocenters. The van der Waals surface area contributed by atoms with Crippen LogP contribution < -0.4 is 5.73 Å². The summed E-state index contributed by atoms with van der Waals surface area (Å²) in [5, 5.41) is 1.04. The zero-order valence-corrected chi connectivity index (χ0v) is 7.95. The van der Waals surface area contributed by atoms with Crippen LogP contribution in [0.1, 0.15) is 29.0 Å². The molecule has 0 fully saturated rings. The van der Waals surface area contributed by atoms with Gasteiger partial charge >= 0.3 is 0 Å². The molecule has 1 aromatic carbocycles. The zero-order valence-electron chi connectivity index (χ0n) is 7.95. The van der Waals surface area contributed by atoms with Gasteiger partial charge in [0.25, 0.3) is 0 Å². The minimum atomic E-state index is 0.0161. The van der Waals surface area contributed by atoms with Crippen LogP contribution in [0.5, 0.6) is 0 Å². The van der Waals surface area contributed by atoms with E-state index in [-0.39, 0.29) is 6.04 Å². The molecule has 2 rings (SSSR count). The third-order valence-electron chi connectivity index (χ3n) is 2.32. The van der Waals surface area contributed by atoms with Gasteiger partial charge in [0, 0.05) is 16.9 Å². The Morgan fingerprint density at radius 3 is 2.86 bits per heavy atom. The molecular weight excluding hydrogens is 176 g/mol. The second-order valence-electron chi connectivity index (χ2n) is 3.48. The molecule has 1 heterocycles. The molecule has 3 heteroatoms. The first-order valence-electron chi connectivity index (χ1n) is 4.54. The minimum absolute atomic E-state index is 0.0161. The number of aromatic nitrogens is 1. The standard InChI is InChI=1S/C11H12N2O/c1-7(12)8-2-3-9-4-10(6-14)13-11(9)5-8/h2-7,13H,12H2,1H3/t7-/m1/s1. The summed E-state index contributed by atoms with van der Waals surface area (Å²) in [6.07, 6.45) is 0.811. The third-order valence-corrected chi connectivity index (χ3v) is 2.32.